The van der Waals surface area contributed by atoms with Crippen molar-refractivity contribution in [2.24, 2.45) is 11.7 Å². The van der Waals surface area contributed by atoms with Crippen molar-refractivity contribution in [3.63, 3.8) is 0 Å². The van der Waals surface area contributed by atoms with E-state index in [0.29, 0.717) is 51.6 Å². The predicted molar refractivity (Wildman–Crippen MR) is 138 cm³/mol. The van der Waals surface area contributed by atoms with Crippen LogP contribution in [0.4, 0.5) is 17.6 Å². The molecule has 1 aliphatic heterocycles. The number of aromatic nitrogens is 4. The molecule has 0 bridgehead atoms. The quantitative estimate of drug-likeness (QED) is 0.362. The largest absolute Gasteiger partial charge is 0.381 e. The number of carbonyl (C=O) groups excluding carboxylic acids is 1. The van der Waals surface area contributed by atoms with Crippen molar-refractivity contribution in [3.8, 4) is 0 Å². The van der Waals surface area contributed by atoms with Gasteiger partial charge in [-0.05, 0) is 50.7 Å². The zero-order valence-electron chi connectivity index (χ0n) is 18.9. The van der Waals surface area contributed by atoms with Crippen LogP contribution in [0.1, 0.15) is 44.6 Å². The van der Waals surface area contributed by atoms with Crippen LogP contribution in [-0.4, -0.2) is 44.7 Å². The molecule has 2 aromatic heterocycles. The van der Waals surface area contributed by atoms with E-state index in [-0.39, 0.29) is 28.9 Å². The SMILES string of the molecule is NC(=O)[C@H]1CC[C@H](n2c(Nc3ccc(Cl)c(Cl)c3Cl)nc3cnc(NC4CCOCC4)nc32)CC1. The number of amides is 1. The van der Waals surface area contributed by atoms with Gasteiger partial charge in [0.15, 0.2) is 5.65 Å². The van der Waals surface area contributed by atoms with Gasteiger partial charge in [0.25, 0.3) is 0 Å². The zero-order chi connectivity index (χ0) is 24.5. The molecule has 12 heteroatoms. The molecule has 0 atom stereocenters. The topological polar surface area (TPSA) is 120 Å². The number of halogens is 3. The molecule has 0 spiro atoms. The number of nitrogens with zero attached hydrogens (tertiary/aromatic N) is 4. The summed E-state index contributed by atoms with van der Waals surface area (Å²) in [5, 5.41) is 7.69. The predicted octanol–water partition coefficient (Wildman–Crippen LogP) is 5.34. The molecule has 2 fully saturated rings. The van der Waals surface area contributed by atoms with Gasteiger partial charge in [0.2, 0.25) is 17.8 Å². The van der Waals surface area contributed by atoms with Gasteiger partial charge >= 0.3 is 0 Å². The number of benzene rings is 1. The normalized spacial score (nSPS) is 21.2. The number of nitrogens with two attached hydrogens (primary N) is 1. The molecule has 1 saturated carbocycles. The second-order valence-corrected chi connectivity index (χ2v) is 10.2. The molecule has 1 aromatic carbocycles. The first-order chi connectivity index (χ1) is 16.9. The van der Waals surface area contributed by atoms with Crippen molar-refractivity contribution >= 4 is 69.5 Å². The third-order valence-electron chi connectivity index (χ3n) is 6.73. The van der Waals surface area contributed by atoms with Gasteiger partial charge in [-0.25, -0.2) is 9.97 Å². The van der Waals surface area contributed by atoms with Crippen LogP contribution in [0.25, 0.3) is 11.2 Å². The highest BCUT2D eigenvalue weighted by Gasteiger charge is 2.29. The van der Waals surface area contributed by atoms with Crippen LogP contribution in [0.2, 0.25) is 15.1 Å². The van der Waals surface area contributed by atoms with Crippen LogP contribution in [0, 0.1) is 5.92 Å². The lowest BCUT2D eigenvalue weighted by atomic mass is 9.85. The van der Waals surface area contributed by atoms with E-state index in [2.05, 4.69) is 20.2 Å². The molecule has 3 aromatic rings. The third-order valence-corrected chi connectivity index (χ3v) is 8.03. The first-order valence-corrected chi connectivity index (χ1v) is 12.8. The lowest BCUT2D eigenvalue weighted by Crippen LogP contribution is -2.29. The van der Waals surface area contributed by atoms with Gasteiger partial charge in [-0.1, -0.05) is 34.8 Å². The zero-order valence-corrected chi connectivity index (χ0v) is 21.2. The number of rotatable bonds is 6. The Hall–Kier alpha value is -2.33. The van der Waals surface area contributed by atoms with Gasteiger partial charge in [-0.3, -0.25) is 9.36 Å². The molecule has 1 amide bonds. The third kappa shape index (κ3) is 5.14. The molecule has 4 N–H and O–H groups in total. The molecule has 35 heavy (non-hydrogen) atoms. The highest BCUT2D eigenvalue weighted by Crippen LogP contribution is 2.40. The average Bonchev–Trinajstić information content (AvgIpc) is 3.22. The number of imidazole rings is 1. The summed E-state index contributed by atoms with van der Waals surface area (Å²) in [7, 11) is 0. The van der Waals surface area contributed by atoms with Crippen LogP contribution >= 0.6 is 34.8 Å². The van der Waals surface area contributed by atoms with Crippen molar-refractivity contribution in [3.05, 3.63) is 33.4 Å². The van der Waals surface area contributed by atoms with Crippen LogP contribution in [0.15, 0.2) is 18.3 Å². The summed E-state index contributed by atoms with van der Waals surface area (Å²) in [6.07, 6.45) is 6.50. The highest BCUT2D eigenvalue weighted by atomic mass is 35.5. The number of hydrogen-bond donors (Lipinski definition) is 3. The fraction of sp³-hybridized carbons (Fsp3) is 0.478. The van der Waals surface area contributed by atoms with E-state index in [1.807, 2.05) is 0 Å². The first kappa shape index (κ1) is 24.4. The molecule has 0 unspecified atom stereocenters. The van der Waals surface area contributed by atoms with E-state index in [4.69, 9.17) is 55.2 Å². The maximum Gasteiger partial charge on any atom is 0.224 e. The number of nitrogens with one attached hydrogen (secondary N) is 2. The van der Waals surface area contributed by atoms with E-state index in [9.17, 15) is 4.79 Å². The van der Waals surface area contributed by atoms with E-state index < -0.39 is 0 Å². The summed E-state index contributed by atoms with van der Waals surface area (Å²) < 4.78 is 7.52. The van der Waals surface area contributed by atoms with Crippen molar-refractivity contribution in [1.29, 1.82) is 0 Å². The Labute approximate surface area is 217 Å². The number of hydrogen-bond acceptors (Lipinski definition) is 7. The molecule has 3 heterocycles. The summed E-state index contributed by atoms with van der Waals surface area (Å²) in [6.45, 7) is 1.44. The summed E-state index contributed by atoms with van der Waals surface area (Å²) >= 11 is 18.8. The Bertz CT molecular complexity index is 1240. The second kappa shape index (κ2) is 10.3. The summed E-state index contributed by atoms with van der Waals surface area (Å²) in [5.74, 6) is 0.767. The Morgan fingerprint density at radius 1 is 1.03 bits per heavy atom. The Balaban J connectivity index is 1.51. The van der Waals surface area contributed by atoms with Gasteiger partial charge in [0.05, 0.1) is 27.0 Å². The summed E-state index contributed by atoms with van der Waals surface area (Å²) in [4.78, 5) is 25.8. The molecular formula is C23H26Cl3N7O2. The van der Waals surface area contributed by atoms with Gasteiger partial charge in [0, 0.05) is 31.2 Å². The lowest BCUT2D eigenvalue weighted by molar-refractivity contribution is -0.122. The summed E-state index contributed by atoms with van der Waals surface area (Å²) in [6, 6.07) is 3.77. The number of ether oxygens (including phenoxy) is 1. The molecule has 0 radical (unpaired) electrons. The molecular weight excluding hydrogens is 513 g/mol. The highest BCUT2D eigenvalue weighted by molar-refractivity contribution is 6.49. The Kier molecular flexibility index (Phi) is 7.20. The molecule has 5 rings (SSSR count). The number of fused-ring (bicyclic) bond motifs is 1. The van der Waals surface area contributed by atoms with Gasteiger partial charge in [-0.2, -0.15) is 4.98 Å². The van der Waals surface area contributed by atoms with E-state index in [1.54, 1.807) is 18.3 Å². The maximum atomic E-state index is 11.7. The minimum atomic E-state index is -0.245. The minimum Gasteiger partial charge on any atom is -0.381 e. The van der Waals surface area contributed by atoms with E-state index in [0.717, 1.165) is 38.9 Å². The first-order valence-electron chi connectivity index (χ1n) is 11.7. The van der Waals surface area contributed by atoms with E-state index >= 15 is 0 Å². The van der Waals surface area contributed by atoms with Crippen molar-refractivity contribution in [1.82, 2.24) is 19.5 Å². The van der Waals surface area contributed by atoms with Gasteiger partial charge in [-0.15, -0.1) is 0 Å². The van der Waals surface area contributed by atoms with Crippen LogP contribution in [-0.2, 0) is 9.53 Å². The average molecular weight is 539 g/mol. The van der Waals surface area contributed by atoms with Crippen molar-refractivity contribution < 1.29 is 9.53 Å². The lowest BCUT2D eigenvalue weighted by Gasteiger charge is -2.29. The smallest absolute Gasteiger partial charge is 0.224 e. The minimum absolute atomic E-state index is 0.0745. The van der Waals surface area contributed by atoms with Crippen LogP contribution < -0.4 is 16.4 Å². The molecule has 186 valence electrons. The molecule has 9 nitrogen and oxygen atoms in total. The van der Waals surface area contributed by atoms with Crippen LogP contribution in [0.5, 0.6) is 0 Å². The second-order valence-electron chi connectivity index (χ2n) is 8.99. The number of primary amides is 1. The standard InChI is InChI=1S/C23H26Cl3N7O2/c24-15-5-6-16(19(26)18(15)25)30-23-31-17-11-28-22(29-13-7-9-35-10-8-13)32-21(17)33(23)14-3-1-12(2-4-14)20(27)34/h5-6,11-14H,1-4,7-10H2,(H2,27,34)(H,30,31)(H,28,29,32)/t12-,14-. The van der Waals surface area contributed by atoms with Gasteiger partial charge in [0.1, 0.15) is 5.52 Å². The monoisotopic (exact) mass is 537 g/mol. The Morgan fingerprint density at radius 3 is 2.49 bits per heavy atom. The van der Waals surface area contributed by atoms with Crippen molar-refractivity contribution in [2.75, 3.05) is 23.8 Å². The Morgan fingerprint density at radius 2 is 1.77 bits per heavy atom. The fourth-order valence-corrected chi connectivity index (χ4v) is 5.36. The maximum absolute atomic E-state index is 11.7. The molecule has 2 aliphatic rings. The molecule has 1 saturated heterocycles. The fourth-order valence-electron chi connectivity index (χ4n) is 4.78. The number of anilines is 3. The van der Waals surface area contributed by atoms with E-state index in [1.165, 1.54) is 0 Å². The van der Waals surface area contributed by atoms with Gasteiger partial charge < -0.3 is 21.1 Å². The number of carbonyl (C=O) groups is 1. The van der Waals surface area contributed by atoms with Crippen LogP contribution in [0.3, 0.4) is 0 Å². The molecule has 1 aliphatic carbocycles. The summed E-state index contributed by atoms with van der Waals surface area (Å²) in [5.41, 5.74) is 7.50. The van der Waals surface area contributed by atoms with Crippen molar-refractivity contribution in [2.45, 2.75) is 50.6 Å².